The van der Waals surface area contributed by atoms with Gasteiger partial charge in [-0.2, -0.15) is 5.26 Å². The number of benzene rings is 2. The van der Waals surface area contributed by atoms with Crippen molar-refractivity contribution in [3.05, 3.63) is 59.6 Å². The number of imidazole rings is 1. The minimum Gasteiger partial charge on any atom is -0.507 e. The molecule has 1 aromatic heterocycles. The zero-order valence-electron chi connectivity index (χ0n) is 15.3. The molecule has 1 heterocycles. The van der Waals surface area contributed by atoms with E-state index in [-0.39, 0.29) is 23.8 Å². The van der Waals surface area contributed by atoms with Crippen LogP contribution in [0.25, 0.3) is 16.6 Å². The number of nitriles is 1. The van der Waals surface area contributed by atoms with Gasteiger partial charge in [-0.25, -0.2) is 4.98 Å². The molecule has 0 saturated heterocycles. The van der Waals surface area contributed by atoms with Crippen LogP contribution < -0.4 is 9.47 Å². The highest BCUT2D eigenvalue weighted by atomic mass is 16.6. The van der Waals surface area contributed by atoms with E-state index in [1.165, 1.54) is 6.21 Å². The second kappa shape index (κ2) is 8.60. The number of para-hydroxylation sites is 2. The molecule has 8 heteroatoms. The van der Waals surface area contributed by atoms with E-state index in [9.17, 15) is 10.4 Å². The van der Waals surface area contributed by atoms with E-state index in [4.69, 9.17) is 14.3 Å². The van der Waals surface area contributed by atoms with Crippen molar-refractivity contribution in [1.29, 1.82) is 5.26 Å². The smallest absolute Gasteiger partial charge is 0.175 e. The van der Waals surface area contributed by atoms with E-state index in [0.29, 0.717) is 17.0 Å². The van der Waals surface area contributed by atoms with Gasteiger partial charge in [-0.05, 0) is 30.3 Å². The van der Waals surface area contributed by atoms with Gasteiger partial charge in [-0.1, -0.05) is 17.3 Å². The van der Waals surface area contributed by atoms with Gasteiger partial charge < -0.3 is 24.4 Å². The second-order valence-corrected chi connectivity index (χ2v) is 5.66. The Morgan fingerprint density at radius 3 is 2.71 bits per heavy atom. The van der Waals surface area contributed by atoms with Gasteiger partial charge in [0.2, 0.25) is 0 Å². The Hall–Kier alpha value is -3.99. The second-order valence-electron chi connectivity index (χ2n) is 5.66. The fourth-order valence-electron chi connectivity index (χ4n) is 2.53. The number of nitrogens with zero attached hydrogens (tertiary/aromatic N) is 3. The lowest BCUT2D eigenvalue weighted by Gasteiger charge is -2.07. The molecule has 0 unspecified atom stereocenters. The fraction of sp³-hybridized carbons (Fsp3) is 0.150. The number of aliphatic hydroxyl groups excluding tert-OH is 1. The van der Waals surface area contributed by atoms with Crippen LogP contribution in [0.15, 0.2) is 53.4 Å². The van der Waals surface area contributed by atoms with E-state index in [1.54, 1.807) is 32.4 Å². The largest absolute Gasteiger partial charge is 0.507 e. The third-order valence-corrected chi connectivity index (χ3v) is 3.91. The van der Waals surface area contributed by atoms with E-state index in [0.717, 1.165) is 11.1 Å². The van der Waals surface area contributed by atoms with Crippen LogP contribution in [0.3, 0.4) is 0 Å². The van der Waals surface area contributed by atoms with Crippen LogP contribution >= 0.6 is 0 Å². The number of methoxy groups -OCH3 is 2. The molecule has 3 rings (SSSR count). The lowest BCUT2D eigenvalue weighted by Crippen LogP contribution is -1.99. The van der Waals surface area contributed by atoms with Crippen LogP contribution in [0.2, 0.25) is 0 Å². The predicted molar refractivity (Wildman–Crippen MR) is 104 cm³/mol. The van der Waals surface area contributed by atoms with Crippen LogP contribution in [-0.2, 0) is 4.84 Å². The molecule has 0 aliphatic rings. The normalized spacial score (nSPS) is 11.9. The van der Waals surface area contributed by atoms with Crippen molar-refractivity contribution in [2.45, 2.75) is 0 Å². The van der Waals surface area contributed by atoms with Gasteiger partial charge in [-0.3, -0.25) is 0 Å². The molecule has 0 aliphatic carbocycles. The van der Waals surface area contributed by atoms with Crippen molar-refractivity contribution in [3.8, 4) is 17.6 Å². The van der Waals surface area contributed by atoms with Crippen LogP contribution in [0.1, 0.15) is 11.4 Å². The van der Waals surface area contributed by atoms with Crippen molar-refractivity contribution in [2.24, 2.45) is 5.16 Å². The van der Waals surface area contributed by atoms with Crippen LogP contribution in [0, 0.1) is 11.3 Å². The number of oxime groups is 1. The van der Waals surface area contributed by atoms with E-state index < -0.39 is 0 Å². The summed E-state index contributed by atoms with van der Waals surface area (Å²) in [6, 6.07) is 14.5. The molecule has 0 aliphatic heterocycles. The van der Waals surface area contributed by atoms with Gasteiger partial charge in [0.1, 0.15) is 11.6 Å². The summed E-state index contributed by atoms with van der Waals surface area (Å²) in [5, 5.41) is 23.4. The number of H-pyrrole nitrogens is 1. The third-order valence-electron chi connectivity index (χ3n) is 3.91. The van der Waals surface area contributed by atoms with Gasteiger partial charge in [0.05, 0.1) is 31.5 Å². The van der Waals surface area contributed by atoms with Crippen molar-refractivity contribution in [3.63, 3.8) is 0 Å². The van der Waals surface area contributed by atoms with E-state index >= 15 is 0 Å². The summed E-state index contributed by atoms with van der Waals surface area (Å²) in [6.45, 7) is -0.274. The van der Waals surface area contributed by atoms with E-state index in [1.807, 2.05) is 30.3 Å². The molecule has 0 fully saturated rings. The Bertz CT molecular complexity index is 1050. The van der Waals surface area contributed by atoms with E-state index in [2.05, 4.69) is 15.1 Å². The molecule has 142 valence electrons. The van der Waals surface area contributed by atoms with Gasteiger partial charge in [0.25, 0.3) is 0 Å². The lowest BCUT2D eigenvalue weighted by atomic mass is 10.2. The van der Waals surface area contributed by atoms with Crippen LogP contribution in [-0.4, -0.2) is 42.1 Å². The highest BCUT2D eigenvalue weighted by Crippen LogP contribution is 2.27. The number of allylic oxidation sites excluding steroid dienone is 1. The first-order valence-corrected chi connectivity index (χ1v) is 8.31. The third kappa shape index (κ3) is 4.04. The maximum absolute atomic E-state index is 10.2. The maximum atomic E-state index is 10.2. The molecule has 0 radical (unpaired) electrons. The molecule has 0 saturated carbocycles. The van der Waals surface area contributed by atoms with Crippen molar-refractivity contribution in [2.75, 3.05) is 20.8 Å². The lowest BCUT2D eigenvalue weighted by molar-refractivity contribution is 0.139. The van der Waals surface area contributed by atoms with Gasteiger partial charge in [0, 0.05) is 5.56 Å². The Balaban J connectivity index is 1.70. The van der Waals surface area contributed by atoms with Gasteiger partial charge in [-0.15, -0.1) is 0 Å². The average molecular weight is 378 g/mol. The SMILES string of the molecule is COc1ccc(/C=N/OCC(O)=C(C#N)c2nc3ccccc3[nH]2)cc1OC. The molecule has 8 nitrogen and oxygen atoms in total. The molecular formula is C20H18N4O4. The van der Waals surface area contributed by atoms with Gasteiger partial charge in [0.15, 0.2) is 29.7 Å². The number of rotatable bonds is 7. The van der Waals surface area contributed by atoms with Crippen molar-refractivity contribution in [1.82, 2.24) is 9.97 Å². The summed E-state index contributed by atoms with van der Waals surface area (Å²) in [5.41, 5.74) is 2.19. The average Bonchev–Trinajstić information content (AvgIpc) is 3.15. The molecule has 0 bridgehead atoms. The molecule has 0 amide bonds. The summed E-state index contributed by atoms with van der Waals surface area (Å²) in [6.07, 6.45) is 1.46. The molecule has 28 heavy (non-hydrogen) atoms. The van der Waals surface area contributed by atoms with Crippen molar-refractivity contribution < 1.29 is 19.4 Å². The number of aromatic amines is 1. The number of aromatic nitrogens is 2. The zero-order valence-corrected chi connectivity index (χ0v) is 15.3. The molecule has 3 aromatic rings. The maximum Gasteiger partial charge on any atom is 0.175 e. The van der Waals surface area contributed by atoms with Crippen molar-refractivity contribution >= 4 is 22.8 Å². The Morgan fingerprint density at radius 1 is 1.21 bits per heavy atom. The van der Waals surface area contributed by atoms with Crippen LogP contribution in [0.5, 0.6) is 11.5 Å². The molecule has 0 atom stereocenters. The Kier molecular flexibility index (Phi) is 5.77. The predicted octanol–water partition coefficient (Wildman–Crippen LogP) is 3.42. The summed E-state index contributed by atoms with van der Waals surface area (Å²) in [7, 11) is 3.10. The van der Waals surface area contributed by atoms with Gasteiger partial charge >= 0.3 is 0 Å². The highest BCUT2D eigenvalue weighted by Gasteiger charge is 2.13. The summed E-state index contributed by atoms with van der Waals surface area (Å²) in [4.78, 5) is 12.4. The minimum atomic E-state index is -0.274. The monoisotopic (exact) mass is 378 g/mol. The number of ether oxygens (including phenoxy) is 2. The number of hydrogen-bond donors (Lipinski definition) is 2. The molecule has 0 spiro atoms. The Labute approximate surface area is 161 Å². The number of fused-ring (bicyclic) bond motifs is 1. The first kappa shape index (κ1) is 18.8. The standard InChI is InChI=1S/C20H18N4O4/c1-26-18-8-7-13(9-19(18)27-2)11-22-28-12-17(25)14(10-21)20-23-15-5-3-4-6-16(15)24-20/h3-9,11,25H,12H2,1-2H3,(H,23,24)/b17-14?,22-11+. The number of nitrogens with one attached hydrogen (secondary N) is 1. The number of hydrogen-bond acceptors (Lipinski definition) is 7. The highest BCUT2D eigenvalue weighted by molar-refractivity contribution is 5.83. The molecule has 2 N–H and O–H groups in total. The Morgan fingerprint density at radius 2 is 2.00 bits per heavy atom. The van der Waals surface area contributed by atoms with Crippen LogP contribution in [0.4, 0.5) is 0 Å². The summed E-state index contributed by atoms with van der Waals surface area (Å²) >= 11 is 0. The zero-order chi connectivity index (χ0) is 19.9. The number of aliphatic hydroxyl groups is 1. The first-order chi connectivity index (χ1) is 13.7. The molecule has 2 aromatic carbocycles. The topological polar surface area (TPSA) is 113 Å². The minimum absolute atomic E-state index is 0.00230. The molecular weight excluding hydrogens is 360 g/mol. The summed E-state index contributed by atoms with van der Waals surface area (Å²) in [5.74, 6) is 1.16. The summed E-state index contributed by atoms with van der Waals surface area (Å²) < 4.78 is 10.4. The quantitative estimate of drug-likeness (QED) is 0.282. The first-order valence-electron chi connectivity index (χ1n) is 8.31. The fourth-order valence-corrected chi connectivity index (χ4v) is 2.53.